The standard InChI is InChI=1S/C12H17ClN2O2/c13-10-3-1-9(2-4-10)7-11(15-14)12-8-16-5-6-17-12/h1-4,11-12,15H,5-8,14H2. The highest BCUT2D eigenvalue weighted by atomic mass is 35.5. The van der Waals surface area contributed by atoms with Gasteiger partial charge in [-0.15, -0.1) is 0 Å². The topological polar surface area (TPSA) is 56.5 Å². The first kappa shape index (κ1) is 12.8. The summed E-state index contributed by atoms with van der Waals surface area (Å²) >= 11 is 5.85. The van der Waals surface area contributed by atoms with E-state index in [1.807, 2.05) is 24.3 Å². The van der Waals surface area contributed by atoms with Gasteiger partial charge in [-0.1, -0.05) is 23.7 Å². The van der Waals surface area contributed by atoms with Crippen molar-refractivity contribution < 1.29 is 9.47 Å². The molecule has 17 heavy (non-hydrogen) atoms. The third-order valence-electron chi connectivity index (χ3n) is 2.87. The number of nitrogens with one attached hydrogen (secondary N) is 1. The van der Waals surface area contributed by atoms with Crippen LogP contribution >= 0.6 is 11.6 Å². The van der Waals surface area contributed by atoms with E-state index < -0.39 is 0 Å². The number of halogens is 1. The summed E-state index contributed by atoms with van der Waals surface area (Å²) in [7, 11) is 0. The molecule has 5 heteroatoms. The average Bonchev–Trinajstić information content (AvgIpc) is 2.39. The van der Waals surface area contributed by atoms with Gasteiger partial charge in [-0.3, -0.25) is 11.3 Å². The van der Waals surface area contributed by atoms with E-state index in [4.69, 9.17) is 26.9 Å². The minimum Gasteiger partial charge on any atom is -0.376 e. The summed E-state index contributed by atoms with van der Waals surface area (Å²) in [5.74, 6) is 5.57. The van der Waals surface area contributed by atoms with Crippen molar-refractivity contribution in [3.8, 4) is 0 Å². The highest BCUT2D eigenvalue weighted by Crippen LogP contribution is 2.14. The summed E-state index contributed by atoms with van der Waals surface area (Å²) in [5.41, 5.74) is 3.97. The van der Waals surface area contributed by atoms with Crippen LogP contribution < -0.4 is 11.3 Å². The van der Waals surface area contributed by atoms with Gasteiger partial charge in [0.15, 0.2) is 0 Å². The lowest BCUT2D eigenvalue weighted by Gasteiger charge is -2.30. The zero-order valence-electron chi connectivity index (χ0n) is 9.56. The maximum atomic E-state index is 5.85. The third kappa shape index (κ3) is 3.66. The lowest BCUT2D eigenvalue weighted by molar-refractivity contribution is -0.101. The number of hydrogen-bond acceptors (Lipinski definition) is 4. The second-order valence-electron chi connectivity index (χ2n) is 4.09. The van der Waals surface area contributed by atoms with Crippen molar-refractivity contribution in [1.29, 1.82) is 0 Å². The van der Waals surface area contributed by atoms with E-state index in [-0.39, 0.29) is 12.1 Å². The van der Waals surface area contributed by atoms with E-state index in [1.54, 1.807) is 0 Å². The molecule has 3 N–H and O–H groups in total. The zero-order chi connectivity index (χ0) is 12.1. The van der Waals surface area contributed by atoms with Crippen molar-refractivity contribution in [2.45, 2.75) is 18.6 Å². The summed E-state index contributed by atoms with van der Waals surface area (Å²) in [6, 6.07) is 7.80. The van der Waals surface area contributed by atoms with Crippen LogP contribution in [0.15, 0.2) is 24.3 Å². The molecule has 2 unspecified atom stereocenters. The van der Waals surface area contributed by atoms with E-state index in [0.29, 0.717) is 19.8 Å². The quantitative estimate of drug-likeness (QED) is 0.626. The van der Waals surface area contributed by atoms with E-state index in [0.717, 1.165) is 11.4 Å². The van der Waals surface area contributed by atoms with Gasteiger partial charge in [0.25, 0.3) is 0 Å². The predicted molar refractivity (Wildman–Crippen MR) is 66.8 cm³/mol. The van der Waals surface area contributed by atoms with Gasteiger partial charge in [0.1, 0.15) is 0 Å². The third-order valence-corrected chi connectivity index (χ3v) is 3.13. The minimum atomic E-state index is 0.00410. The molecule has 0 bridgehead atoms. The predicted octanol–water partition coefficient (Wildman–Crippen LogP) is 1.13. The smallest absolute Gasteiger partial charge is 0.0978 e. The Balaban J connectivity index is 1.96. The molecule has 0 saturated carbocycles. The lowest BCUT2D eigenvalue weighted by Crippen LogP contribution is -2.50. The van der Waals surface area contributed by atoms with E-state index in [2.05, 4.69) is 5.43 Å². The number of nitrogens with two attached hydrogens (primary N) is 1. The minimum absolute atomic E-state index is 0.00410. The van der Waals surface area contributed by atoms with E-state index in [9.17, 15) is 0 Å². The maximum Gasteiger partial charge on any atom is 0.0978 e. The lowest BCUT2D eigenvalue weighted by atomic mass is 10.0. The Morgan fingerprint density at radius 3 is 2.71 bits per heavy atom. The molecule has 0 radical (unpaired) electrons. The highest BCUT2D eigenvalue weighted by molar-refractivity contribution is 6.30. The number of hydrogen-bond donors (Lipinski definition) is 2. The Morgan fingerprint density at radius 2 is 2.12 bits per heavy atom. The molecule has 1 heterocycles. The van der Waals surface area contributed by atoms with Crippen LogP contribution in [0.25, 0.3) is 0 Å². The molecule has 0 amide bonds. The number of ether oxygens (including phenoxy) is 2. The van der Waals surface area contributed by atoms with Gasteiger partial charge in [0, 0.05) is 5.02 Å². The average molecular weight is 257 g/mol. The molecule has 2 atom stereocenters. The summed E-state index contributed by atoms with van der Waals surface area (Å²) in [6.45, 7) is 1.88. The summed E-state index contributed by atoms with van der Waals surface area (Å²) in [5, 5.41) is 0.739. The van der Waals surface area contributed by atoms with Crippen LogP contribution in [0.3, 0.4) is 0 Å². The molecule has 1 aromatic carbocycles. The Kier molecular flexibility index (Phi) is 4.76. The molecule has 2 rings (SSSR count). The van der Waals surface area contributed by atoms with Gasteiger partial charge >= 0.3 is 0 Å². The highest BCUT2D eigenvalue weighted by Gasteiger charge is 2.24. The van der Waals surface area contributed by atoms with Crippen molar-refractivity contribution in [3.05, 3.63) is 34.9 Å². The number of rotatable bonds is 4. The molecule has 1 aliphatic heterocycles. The second kappa shape index (κ2) is 6.33. The SMILES string of the molecule is NNC(Cc1ccc(Cl)cc1)C1COCCO1. The molecular formula is C12H17ClN2O2. The molecule has 1 aromatic rings. The van der Waals surface area contributed by atoms with Crippen molar-refractivity contribution in [2.75, 3.05) is 19.8 Å². The van der Waals surface area contributed by atoms with Gasteiger partial charge in [0.2, 0.25) is 0 Å². The van der Waals surface area contributed by atoms with E-state index >= 15 is 0 Å². The van der Waals surface area contributed by atoms with Crippen LogP contribution in [-0.2, 0) is 15.9 Å². The first-order valence-corrected chi connectivity index (χ1v) is 6.07. The molecule has 4 nitrogen and oxygen atoms in total. The molecule has 0 aliphatic carbocycles. The zero-order valence-corrected chi connectivity index (χ0v) is 10.3. The number of benzene rings is 1. The molecule has 94 valence electrons. The Morgan fingerprint density at radius 1 is 1.35 bits per heavy atom. The first-order chi connectivity index (χ1) is 8.29. The molecule has 0 aromatic heterocycles. The van der Waals surface area contributed by atoms with Crippen molar-refractivity contribution in [3.63, 3.8) is 0 Å². The van der Waals surface area contributed by atoms with Crippen molar-refractivity contribution in [1.82, 2.24) is 5.43 Å². The molecular weight excluding hydrogens is 240 g/mol. The van der Waals surface area contributed by atoms with Crippen LogP contribution in [0.4, 0.5) is 0 Å². The van der Waals surface area contributed by atoms with Crippen molar-refractivity contribution in [2.24, 2.45) is 5.84 Å². The van der Waals surface area contributed by atoms with Crippen LogP contribution in [0.2, 0.25) is 5.02 Å². The molecule has 1 saturated heterocycles. The van der Waals surface area contributed by atoms with Crippen LogP contribution in [0, 0.1) is 0 Å². The fourth-order valence-electron chi connectivity index (χ4n) is 1.91. The van der Waals surface area contributed by atoms with Crippen LogP contribution in [0.5, 0.6) is 0 Å². The monoisotopic (exact) mass is 256 g/mol. The molecule has 1 fully saturated rings. The van der Waals surface area contributed by atoms with Gasteiger partial charge in [-0.25, -0.2) is 0 Å². The van der Waals surface area contributed by atoms with Gasteiger partial charge in [0.05, 0.1) is 32.0 Å². The second-order valence-corrected chi connectivity index (χ2v) is 4.52. The summed E-state index contributed by atoms with van der Waals surface area (Å²) < 4.78 is 11.0. The Hall–Kier alpha value is -0.650. The van der Waals surface area contributed by atoms with E-state index in [1.165, 1.54) is 5.56 Å². The first-order valence-electron chi connectivity index (χ1n) is 5.69. The Labute approximate surface area is 106 Å². The summed E-state index contributed by atoms with van der Waals surface area (Å²) in [4.78, 5) is 0. The number of hydrazine groups is 1. The van der Waals surface area contributed by atoms with Crippen LogP contribution in [0.1, 0.15) is 5.56 Å². The van der Waals surface area contributed by atoms with Gasteiger partial charge in [-0.05, 0) is 24.1 Å². The van der Waals surface area contributed by atoms with Gasteiger partial charge < -0.3 is 9.47 Å². The molecule has 0 spiro atoms. The fraction of sp³-hybridized carbons (Fsp3) is 0.500. The fourth-order valence-corrected chi connectivity index (χ4v) is 2.04. The van der Waals surface area contributed by atoms with Crippen molar-refractivity contribution >= 4 is 11.6 Å². The maximum absolute atomic E-state index is 5.85. The normalized spacial score (nSPS) is 22.4. The Bertz CT molecular complexity index is 339. The largest absolute Gasteiger partial charge is 0.376 e. The van der Waals surface area contributed by atoms with Crippen LogP contribution in [-0.4, -0.2) is 32.0 Å². The molecule has 1 aliphatic rings. The van der Waals surface area contributed by atoms with Gasteiger partial charge in [-0.2, -0.15) is 0 Å². The summed E-state index contributed by atoms with van der Waals surface area (Å²) in [6.07, 6.45) is 0.797.